The normalized spacial score (nSPS) is 21.9. The fraction of sp³-hybridized carbons (Fsp3) is 0.455. The van der Waals surface area contributed by atoms with Crippen molar-refractivity contribution in [3.05, 3.63) is 64.5 Å². The maximum Gasteiger partial charge on any atom is 0.432 e. The summed E-state index contributed by atoms with van der Waals surface area (Å²) >= 11 is 0. The van der Waals surface area contributed by atoms with Crippen LogP contribution < -0.4 is 4.74 Å². The zero-order valence-electron chi connectivity index (χ0n) is 16.6. The van der Waals surface area contributed by atoms with Crippen LogP contribution in [-0.4, -0.2) is 5.11 Å². The summed E-state index contributed by atoms with van der Waals surface area (Å²) in [4.78, 5) is 0. The first kappa shape index (κ1) is 23.4. The second-order valence-electron chi connectivity index (χ2n) is 7.90. The quantitative estimate of drug-likeness (QED) is 0.393. The Bertz CT molecular complexity index is 907. The van der Waals surface area contributed by atoms with Gasteiger partial charge in [0.1, 0.15) is 22.9 Å². The van der Waals surface area contributed by atoms with Crippen LogP contribution in [0.15, 0.2) is 24.3 Å². The van der Waals surface area contributed by atoms with Gasteiger partial charge >= 0.3 is 6.11 Å². The fourth-order valence-electron chi connectivity index (χ4n) is 4.05. The minimum absolute atomic E-state index is 0.133. The molecule has 2 aromatic rings. The number of rotatable bonds is 6. The van der Waals surface area contributed by atoms with E-state index in [1.807, 2.05) is 6.92 Å². The highest BCUT2D eigenvalue weighted by Crippen LogP contribution is 2.43. The van der Waals surface area contributed by atoms with Crippen LogP contribution in [0.2, 0.25) is 0 Å². The molecule has 0 aliphatic heterocycles. The van der Waals surface area contributed by atoms with E-state index >= 15 is 0 Å². The van der Waals surface area contributed by atoms with Gasteiger partial charge in [-0.05, 0) is 49.3 Å². The van der Waals surface area contributed by atoms with Crippen LogP contribution >= 0.6 is 0 Å². The minimum Gasteiger partial charge on any atom is -0.429 e. The van der Waals surface area contributed by atoms with Crippen molar-refractivity contribution in [2.24, 2.45) is 5.92 Å². The summed E-state index contributed by atoms with van der Waals surface area (Å²) in [5, 5.41) is 10.8. The molecular weight excluding hydrogens is 429 g/mol. The molecule has 3 rings (SSSR count). The molecule has 1 aliphatic rings. The summed E-state index contributed by atoms with van der Waals surface area (Å²) in [5.41, 5.74) is -3.51. The molecule has 0 bridgehead atoms. The van der Waals surface area contributed by atoms with E-state index in [0.717, 1.165) is 12.8 Å². The Labute approximate surface area is 174 Å². The molecule has 1 fully saturated rings. The first-order chi connectivity index (χ1) is 14.5. The van der Waals surface area contributed by atoms with Gasteiger partial charge in [0.15, 0.2) is 17.5 Å². The molecule has 0 saturated heterocycles. The lowest BCUT2D eigenvalue weighted by Gasteiger charge is -2.36. The highest BCUT2D eigenvalue weighted by Gasteiger charge is 2.43. The van der Waals surface area contributed by atoms with Gasteiger partial charge in [-0.15, -0.1) is 0 Å². The van der Waals surface area contributed by atoms with Crippen LogP contribution in [0.3, 0.4) is 0 Å². The Balaban J connectivity index is 1.88. The first-order valence-electron chi connectivity index (χ1n) is 9.90. The summed E-state index contributed by atoms with van der Waals surface area (Å²) in [6.45, 7) is 2.03. The van der Waals surface area contributed by atoms with Crippen LogP contribution in [0.5, 0.6) is 5.75 Å². The first-order valence-corrected chi connectivity index (χ1v) is 9.90. The average Bonchev–Trinajstić information content (AvgIpc) is 2.67. The molecule has 9 heteroatoms. The molecular formula is C22H21F7O2. The summed E-state index contributed by atoms with van der Waals surface area (Å²) in [6.07, 6.45) is -0.991. The standard InChI is InChI=1S/C22H21F7O2/c1-2-3-12-4-6-21(30,7-5-12)13-8-15(23)19(16(24)9-13)22(28,29)31-14-10-17(25)20(27)18(26)11-14/h8-12,30H,2-7H2,1H3. The van der Waals surface area contributed by atoms with Crippen molar-refractivity contribution in [1.82, 2.24) is 0 Å². The van der Waals surface area contributed by atoms with Gasteiger partial charge in [-0.1, -0.05) is 19.8 Å². The van der Waals surface area contributed by atoms with Crippen molar-refractivity contribution >= 4 is 0 Å². The number of hydrogen-bond acceptors (Lipinski definition) is 2. The summed E-state index contributed by atoms with van der Waals surface area (Å²) in [7, 11) is 0. The molecule has 31 heavy (non-hydrogen) atoms. The van der Waals surface area contributed by atoms with Crippen molar-refractivity contribution in [3.8, 4) is 5.75 Å². The minimum atomic E-state index is -4.66. The molecule has 0 unspecified atom stereocenters. The van der Waals surface area contributed by atoms with E-state index in [1.54, 1.807) is 0 Å². The highest BCUT2D eigenvalue weighted by atomic mass is 19.3. The maximum atomic E-state index is 14.5. The molecule has 0 atom stereocenters. The van der Waals surface area contributed by atoms with E-state index in [9.17, 15) is 35.8 Å². The van der Waals surface area contributed by atoms with Crippen LogP contribution in [-0.2, 0) is 11.7 Å². The molecule has 0 spiro atoms. The van der Waals surface area contributed by atoms with E-state index in [0.29, 0.717) is 30.9 Å². The molecule has 0 amide bonds. The Hall–Kier alpha value is -2.29. The van der Waals surface area contributed by atoms with Crippen molar-refractivity contribution < 1.29 is 40.6 Å². The lowest BCUT2D eigenvalue weighted by atomic mass is 9.74. The second kappa shape index (κ2) is 8.68. The molecule has 170 valence electrons. The van der Waals surface area contributed by atoms with E-state index in [-0.39, 0.29) is 30.5 Å². The largest absolute Gasteiger partial charge is 0.432 e. The molecule has 2 nitrogen and oxygen atoms in total. The summed E-state index contributed by atoms with van der Waals surface area (Å²) < 4.78 is 101. The lowest BCUT2D eigenvalue weighted by molar-refractivity contribution is -0.189. The smallest absolute Gasteiger partial charge is 0.429 e. The monoisotopic (exact) mass is 450 g/mol. The number of halogens is 7. The molecule has 1 aliphatic carbocycles. The van der Waals surface area contributed by atoms with Gasteiger partial charge in [0, 0.05) is 12.1 Å². The molecule has 1 saturated carbocycles. The third-order valence-corrected chi connectivity index (χ3v) is 5.70. The predicted molar refractivity (Wildman–Crippen MR) is 98.0 cm³/mol. The third kappa shape index (κ3) is 4.81. The van der Waals surface area contributed by atoms with Crippen molar-refractivity contribution in [3.63, 3.8) is 0 Å². The number of hydrogen-bond donors (Lipinski definition) is 1. The third-order valence-electron chi connectivity index (χ3n) is 5.70. The van der Waals surface area contributed by atoms with Gasteiger partial charge in [-0.3, -0.25) is 0 Å². The van der Waals surface area contributed by atoms with Crippen molar-refractivity contribution in [1.29, 1.82) is 0 Å². The summed E-state index contributed by atoms with van der Waals surface area (Å²) in [6, 6.07) is 1.49. The molecule has 0 radical (unpaired) electrons. The van der Waals surface area contributed by atoms with Crippen molar-refractivity contribution in [2.75, 3.05) is 0 Å². The SMILES string of the molecule is CCCC1CCC(O)(c2cc(F)c(C(F)(F)Oc3cc(F)c(F)c(F)c3)c(F)c2)CC1. The average molecular weight is 450 g/mol. The molecule has 0 aromatic heterocycles. The topological polar surface area (TPSA) is 29.5 Å². The van der Waals surface area contributed by atoms with Crippen molar-refractivity contribution in [2.45, 2.75) is 57.2 Å². The van der Waals surface area contributed by atoms with Gasteiger partial charge < -0.3 is 9.84 Å². The second-order valence-corrected chi connectivity index (χ2v) is 7.90. The zero-order valence-corrected chi connectivity index (χ0v) is 16.6. The van der Waals surface area contributed by atoms with E-state index in [1.165, 1.54) is 0 Å². The van der Waals surface area contributed by atoms with Gasteiger partial charge in [0.25, 0.3) is 0 Å². The van der Waals surface area contributed by atoms with Crippen LogP contribution in [0, 0.1) is 35.0 Å². The molecule has 2 aromatic carbocycles. The number of aliphatic hydroxyl groups is 1. The Morgan fingerprint density at radius 2 is 1.45 bits per heavy atom. The van der Waals surface area contributed by atoms with Crippen LogP contribution in [0.4, 0.5) is 30.7 Å². The van der Waals surface area contributed by atoms with Gasteiger partial charge in [0.05, 0.1) is 5.60 Å². The van der Waals surface area contributed by atoms with Gasteiger partial charge in [-0.2, -0.15) is 8.78 Å². The predicted octanol–water partition coefficient (Wildman–Crippen LogP) is 6.69. The van der Waals surface area contributed by atoms with Crippen LogP contribution in [0.25, 0.3) is 0 Å². The maximum absolute atomic E-state index is 14.5. The highest BCUT2D eigenvalue weighted by molar-refractivity contribution is 5.34. The fourth-order valence-corrected chi connectivity index (χ4v) is 4.05. The lowest BCUT2D eigenvalue weighted by Crippen LogP contribution is -2.33. The Kier molecular flexibility index (Phi) is 6.55. The number of ether oxygens (including phenoxy) is 1. The van der Waals surface area contributed by atoms with Crippen LogP contribution in [0.1, 0.15) is 56.6 Å². The van der Waals surface area contributed by atoms with Gasteiger partial charge in [-0.25, -0.2) is 22.0 Å². The molecule has 1 N–H and O–H groups in total. The Morgan fingerprint density at radius 1 is 0.935 bits per heavy atom. The van der Waals surface area contributed by atoms with E-state index < -0.39 is 52.1 Å². The number of alkyl halides is 2. The van der Waals surface area contributed by atoms with Gasteiger partial charge in [0.2, 0.25) is 0 Å². The van der Waals surface area contributed by atoms with E-state index in [2.05, 4.69) is 4.74 Å². The number of benzene rings is 2. The zero-order chi connectivity index (χ0) is 23.0. The van der Waals surface area contributed by atoms with E-state index in [4.69, 9.17) is 0 Å². The molecule has 0 heterocycles. The summed E-state index contributed by atoms with van der Waals surface area (Å²) in [5.74, 6) is -9.66. The Morgan fingerprint density at radius 3 is 1.94 bits per heavy atom.